The average Bonchev–Trinajstić information content (AvgIpc) is 2.77. The Balaban J connectivity index is 2.53. The number of alkyl halides is 3. The summed E-state index contributed by atoms with van der Waals surface area (Å²) < 4.78 is 38.4. The summed E-state index contributed by atoms with van der Waals surface area (Å²) in [6.45, 7) is 1.79. The van der Waals surface area contributed by atoms with Crippen molar-refractivity contribution >= 4 is 0 Å². The molecule has 0 atom stereocenters. The lowest BCUT2D eigenvalue weighted by Gasteiger charge is -2.06. The van der Waals surface area contributed by atoms with Gasteiger partial charge in [0.2, 0.25) is 0 Å². The summed E-state index contributed by atoms with van der Waals surface area (Å²) >= 11 is 0. The van der Waals surface area contributed by atoms with E-state index in [9.17, 15) is 13.2 Å². The van der Waals surface area contributed by atoms with Crippen molar-refractivity contribution in [3.05, 3.63) is 47.3 Å². The molecule has 92 valence electrons. The van der Waals surface area contributed by atoms with E-state index in [1.165, 1.54) is 6.20 Å². The first kappa shape index (κ1) is 12.2. The number of nitrogens with zero attached hydrogens (tertiary/aromatic N) is 3. The number of nitriles is 1. The largest absolute Gasteiger partial charge is 0.435 e. The van der Waals surface area contributed by atoms with Gasteiger partial charge in [0.1, 0.15) is 6.07 Å². The highest BCUT2D eigenvalue weighted by molar-refractivity contribution is 5.50. The van der Waals surface area contributed by atoms with E-state index in [1.54, 1.807) is 25.1 Å². The third-order valence-electron chi connectivity index (χ3n) is 2.40. The van der Waals surface area contributed by atoms with Crippen molar-refractivity contribution in [2.75, 3.05) is 0 Å². The second-order valence-corrected chi connectivity index (χ2v) is 3.78. The summed E-state index contributed by atoms with van der Waals surface area (Å²) in [5.41, 5.74) is 0.478. The summed E-state index contributed by atoms with van der Waals surface area (Å²) in [6, 6.07) is 7.70. The standard InChI is InChI=1S/C12H8F3N3/c1-8-2-3-9(7-16)10(6-8)18-5-4-11(17-18)12(13,14)15/h2-6H,1H3. The molecule has 1 aromatic heterocycles. The van der Waals surface area contributed by atoms with Gasteiger partial charge < -0.3 is 0 Å². The van der Waals surface area contributed by atoms with Gasteiger partial charge in [-0.05, 0) is 30.7 Å². The number of hydrogen-bond donors (Lipinski definition) is 0. The summed E-state index contributed by atoms with van der Waals surface area (Å²) in [5, 5.41) is 12.4. The first-order valence-electron chi connectivity index (χ1n) is 5.06. The second-order valence-electron chi connectivity index (χ2n) is 3.78. The van der Waals surface area contributed by atoms with Gasteiger partial charge in [-0.25, -0.2) is 4.68 Å². The maximum atomic E-state index is 12.4. The van der Waals surface area contributed by atoms with Crippen LogP contribution in [-0.2, 0) is 6.18 Å². The molecule has 0 amide bonds. The Morgan fingerprint density at radius 3 is 2.56 bits per heavy atom. The molecule has 6 heteroatoms. The zero-order valence-corrected chi connectivity index (χ0v) is 9.36. The van der Waals surface area contributed by atoms with Gasteiger partial charge in [-0.1, -0.05) is 6.07 Å². The molecule has 0 spiro atoms. The Kier molecular flexibility index (Phi) is 2.83. The van der Waals surface area contributed by atoms with Crippen LogP contribution < -0.4 is 0 Å². The molecule has 0 bridgehead atoms. The minimum absolute atomic E-state index is 0.275. The van der Waals surface area contributed by atoms with Crippen molar-refractivity contribution in [1.29, 1.82) is 5.26 Å². The molecule has 0 radical (unpaired) electrons. The third-order valence-corrected chi connectivity index (χ3v) is 2.40. The molecule has 18 heavy (non-hydrogen) atoms. The predicted molar refractivity (Wildman–Crippen MR) is 58.0 cm³/mol. The van der Waals surface area contributed by atoms with Crippen LogP contribution in [0.3, 0.4) is 0 Å². The smallest absolute Gasteiger partial charge is 0.239 e. The Morgan fingerprint density at radius 2 is 2.00 bits per heavy atom. The number of hydrogen-bond acceptors (Lipinski definition) is 2. The zero-order valence-electron chi connectivity index (χ0n) is 9.36. The van der Waals surface area contributed by atoms with Crippen molar-refractivity contribution in [1.82, 2.24) is 9.78 Å². The minimum atomic E-state index is -4.48. The van der Waals surface area contributed by atoms with Crippen molar-refractivity contribution in [2.24, 2.45) is 0 Å². The molecule has 0 aliphatic rings. The first-order chi connectivity index (χ1) is 8.41. The van der Waals surface area contributed by atoms with E-state index in [2.05, 4.69) is 5.10 Å². The van der Waals surface area contributed by atoms with E-state index in [-0.39, 0.29) is 5.56 Å². The van der Waals surface area contributed by atoms with Gasteiger partial charge in [0.25, 0.3) is 0 Å². The number of aryl methyl sites for hydroxylation is 1. The number of halogens is 3. The lowest BCUT2D eigenvalue weighted by atomic mass is 10.1. The molecule has 2 aromatic rings. The zero-order chi connectivity index (χ0) is 13.3. The Morgan fingerprint density at radius 1 is 1.28 bits per heavy atom. The molecular formula is C12H8F3N3. The van der Waals surface area contributed by atoms with Crippen molar-refractivity contribution in [3.8, 4) is 11.8 Å². The maximum absolute atomic E-state index is 12.4. The fraction of sp³-hybridized carbons (Fsp3) is 0.167. The Labute approximate surface area is 101 Å². The molecule has 0 saturated carbocycles. The van der Waals surface area contributed by atoms with E-state index in [0.29, 0.717) is 5.69 Å². The van der Waals surface area contributed by atoms with Gasteiger partial charge in [0.15, 0.2) is 5.69 Å². The summed E-state index contributed by atoms with van der Waals surface area (Å²) in [6.07, 6.45) is -3.29. The van der Waals surface area contributed by atoms with E-state index in [0.717, 1.165) is 16.3 Å². The van der Waals surface area contributed by atoms with Gasteiger partial charge in [0.05, 0.1) is 11.3 Å². The Bertz CT molecular complexity index is 620. The Hall–Kier alpha value is -2.29. The lowest BCUT2D eigenvalue weighted by molar-refractivity contribution is -0.141. The average molecular weight is 251 g/mol. The highest BCUT2D eigenvalue weighted by atomic mass is 19.4. The van der Waals surface area contributed by atoms with Crippen molar-refractivity contribution in [2.45, 2.75) is 13.1 Å². The number of rotatable bonds is 1. The minimum Gasteiger partial charge on any atom is -0.239 e. The molecule has 1 aromatic carbocycles. The van der Waals surface area contributed by atoms with E-state index >= 15 is 0 Å². The van der Waals surface area contributed by atoms with E-state index < -0.39 is 11.9 Å². The molecule has 3 nitrogen and oxygen atoms in total. The van der Waals surface area contributed by atoms with Gasteiger partial charge in [-0.2, -0.15) is 23.5 Å². The van der Waals surface area contributed by atoms with Crippen LogP contribution in [0.4, 0.5) is 13.2 Å². The highest BCUT2D eigenvalue weighted by Crippen LogP contribution is 2.28. The molecule has 0 unspecified atom stereocenters. The molecule has 0 aliphatic carbocycles. The molecule has 1 heterocycles. The third kappa shape index (κ3) is 2.20. The summed E-state index contributed by atoms with van der Waals surface area (Å²) in [5.74, 6) is 0. The molecule has 2 rings (SSSR count). The molecule has 0 saturated heterocycles. The number of benzene rings is 1. The van der Waals surface area contributed by atoms with E-state index in [4.69, 9.17) is 5.26 Å². The van der Waals surface area contributed by atoms with Crippen LogP contribution in [-0.4, -0.2) is 9.78 Å². The quantitative estimate of drug-likeness (QED) is 0.781. The van der Waals surface area contributed by atoms with Crippen molar-refractivity contribution in [3.63, 3.8) is 0 Å². The summed E-state index contributed by atoms with van der Waals surface area (Å²) in [4.78, 5) is 0. The van der Waals surface area contributed by atoms with Crippen LogP contribution in [0, 0.1) is 18.3 Å². The molecular weight excluding hydrogens is 243 g/mol. The van der Waals surface area contributed by atoms with Crippen molar-refractivity contribution < 1.29 is 13.2 Å². The SMILES string of the molecule is Cc1ccc(C#N)c(-n2ccc(C(F)(F)F)n2)c1. The number of aromatic nitrogens is 2. The monoisotopic (exact) mass is 251 g/mol. The molecule has 0 N–H and O–H groups in total. The lowest BCUT2D eigenvalue weighted by Crippen LogP contribution is -2.07. The van der Waals surface area contributed by atoms with E-state index in [1.807, 2.05) is 6.07 Å². The van der Waals surface area contributed by atoms with Gasteiger partial charge in [-0.3, -0.25) is 0 Å². The van der Waals surface area contributed by atoms with Crippen LogP contribution in [0.25, 0.3) is 5.69 Å². The fourth-order valence-electron chi connectivity index (χ4n) is 1.54. The van der Waals surface area contributed by atoms with Crippen LogP contribution in [0.5, 0.6) is 0 Å². The first-order valence-corrected chi connectivity index (χ1v) is 5.06. The normalized spacial score (nSPS) is 11.3. The highest BCUT2D eigenvalue weighted by Gasteiger charge is 2.33. The van der Waals surface area contributed by atoms with Crippen LogP contribution >= 0.6 is 0 Å². The van der Waals surface area contributed by atoms with Gasteiger partial charge in [0, 0.05) is 6.20 Å². The van der Waals surface area contributed by atoms with Gasteiger partial charge >= 0.3 is 6.18 Å². The van der Waals surface area contributed by atoms with Crippen LogP contribution in [0.1, 0.15) is 16.8 Å². The van der Waals surface area contributed by atoms with Crippen LogP contribution in [0.15, 0.2) is 30.5 Å². The predicted octanol–water partition coefficient (Wildman–Crippen LogP) is 3.07. The molecule has 0 fully saturated rings. The summed E-state index contributed by atoms with van der Waals surface area (Å²) in [7, 11) is 0. The fourth-order valence-corrected chi connectivity index (χ4v) is 1.54. The van der Waals surface area contributed by atoms with Gasteiger partial charge in [-0.15, -0.1) is 0 Å². The topological polar surface area (TPSA) is 41.6 Å². The molecule has 0 aliphatic heterocycles. The second kappa shape index (κ2) is 4.18. The van der Waals surface area contributed by atoms with Crippen LogP contribution in [0.2, 0.25) is 0 Å². The maximum Gasteiger partial charge on any atom is 0.435 e.